The maximum Gasteiger partial charge on any atom is 0.329 e. The van der Waals surface area contributed by atoms with Crippen molar-refractivity contribution in [3.63, 3.8) is 0 Å². The Bertz CT molecular complexity index is 643. The van der Waals surface area contributed by atoms with Gasteiger partial charge < -0.3 is 10.4 Å². The summed E-state index contributed by atoms with van der Waals surface area (Å²) in [5, 5.41) is 12.7. The predicted octanol–water partition coefficient (Wildman–Crippen LogP) is 2.89. The van der Waals surface area contributed by atoms with E-state index in [1.54, 1.807) is 0 Å². The fraction of sp³-hybridized carbons (Fsp3) is 0.0769. The van der Waals surface area contributed by atoms with Crippen molar-refractivity contribution in [2.75, 3.05) is 6.54 Å². The van der Waals surface area contributed by atoms with Crippen LogP contribution in [0.4, 0.5) is 4.79 Å². The molecule has 1 aromatic carbocycles. The summed E-state index contributed by atoms with van der Waals surface area (Å²) in [4.78, 5) is 24.6. The van der Waals surface area contributed by atoms with Gasteiger partial charge in [-0.05, 0) is 34.1 Å². The summed E-state index contributed by atoms with van der Waals surface area (Å²) in [5.74, 6) is -0.545. The molecule has 0 radical (unpaired) electrons. The molecule has 1 saturated heterocycles. The molecule has 0 spiro atoms. The van der Waals surface area contributed by atoms with Crippen molar-refractivity contribution in [2.45, 2.75) is 0 Å². The van der Waals surface area contributed by atoms with E-state index in [4.69, 9.17) is 11.6 Å². The first-order valence-electron chi connectivity index (χ1n) is 5.57. The summed E-state index contributed by atoms with van der Waals surface area (Å²) in [5.41, 5.74) is 0.398. The van der Waals surface area contributed by atoms with Gasteiger partial charge in [-0.25, -0.2) is 4.79 Å². The summed E-state index contributed by atoms with van der Waals surface area (Å²) in [6, 6.07) is 2.49. The van der Waals surface area contributed by atoms with Gasteiger partial charge in [0, 0.05) is 17.1 Å². The van der Waals surface area contributed by atoms with Gasteiger partial charge in [0.05, 0.1) is 4.47 Å². The number of nitrogens with one attached hydrogen (secondary N) is 1. The van der Waals surface area contributed by atoms with E-state index in [0.717, 1.165) is 4.90 Å². The van der Waals surface area contributed by atoms with Crippen molar-refractivity contribution in [3.8, 4) is 5.75 Å². The molecule has 104 valence electrons. The number of amides is 3. The molecule has 1 aliphatic heterocycles. The van der Waals surface area contributed by atoms with Crippen LogP contribution in [-0.4, -0.2) is 28.5 Å². The third-order valence-corrected chi connectivity index (χ3v) is 3.45. The smallest absolute Gasteiger partial charge is 0.329 e. The van der Waals surface area contributed by atoms with Crippen LogP contribution in [0.25, 0.3) is 6.08 Å². The number of rotatable bonds is 3. The fourth-order valence-corrected chi connectivity index (χ4v) is 2.55. The second-order valence-corrected chi connectivity index (χ2v) is 5.31. The maximum atomic E-state index is 12.0. The van der Waals surface area contributed by atoms with Gasteiger partial charge in [0.1, 0.15) is 11.4 Å². The summed E-state index contributed by atoms with van der Waals surface area (Å²) < 4.78 is 0.400. The van der Waals surface area contributed by atoms with E-state index >= 15 is 0 Å². The number of nitrogens with zero attached hydrogens (tertiary/aromatic N) is 1. The third-order valence-electron chi connectivity index (χ3n) is 2.63. The van der Waals surface area contributed by atoms with Gasteiger partial charge in [-0.1, -0.05) is 17.7 Å². The fourth-order valence-electron chi connectivity index (χ4n) is 1.72. The van der Waals surface area contributed by atoms with Crippen molar-refractivity contribution < 1.29 is 14.7 Å². The molecule has 1 fully saturated rings. The summed E-state index contributed by atoms with van der Waals surface area (Å²) >= 11 is 9.04. The highest BCUT2D eigenvalue weighted by molar-refractivity contribution is 9.10. The van der Waals surface area contributed by atoms with Crippen molar-refractivity contribution in [1.29, 1.82) is 0 Å². The molecule has 20 heavy (non-hydrogen) atoms. The van der Waals surface area contributed by atoms with Crippen molar-refractivity contribution in [3.05, 3.63) is 45.5 Å². The molecule has 0 atom stereocenters. The lowest BCUT2D eigenvalue weighted by Gasteiger charge is -2.07. The molecule has 2 N–H and O–H groups in total. The lowest BCUT2D eigenvalue weighted by Crippen LogP contribution is -2.30. The first kappa shape index (κ1) is 14.6. The van der Waals surface area contributed by atoms with Crippen molar-refractivity contribution >= 4 is 45.5 Å². The molecule has 1 aliphatic rings. The van der Waals surface area contributed by atoms with E-state index in [1.807, 2.05) is 0 Å². The Kier molecular flexibility index (Phi) is 4.15. The molecule has 0 saturated carbocycles. The van der Waals surface area contributed by atoms with Gasteiger partial charge in [0.25, 0.3) is 5.91 Å². The quantitative estimate of drug-likeness (QED) is 0.496. The van der Waals surface area contributed by atoms with E-state index in [0.29, 0.717) is 15.1 Å². The summed E-state index contributed by atoms with van der Waals surface area (Å²) in [6.45, 7) is 3.60. The predicted molar refractivity (Wildman–Crippen MR) is 79.2 cm³/mol. The molecule has 7 heteroatoms. The zero-order chi connectivity index (χ0) is 14.9. The molecular formula is C13H10BrClN2O3. The number of benzene rings is 1. The number of phenolic OH excluding ortho intramolecular Hbond substituents is 1. The number of halogens is 2. The highest BCUT2D eigenvalue weighted by Gasteiger charge is 2.32. The Balaban J connectivity index is 2.40. The van der Waals surface area contributed by atoms with Crippen molar-refractivity contribution in [1.82, 2.24) is 10.2 Å². The summed E-state index contributed by atoms with van der Waals surface area (Å²) in [6.07, 6.45) is 2.82. The number of carbonyl (C=O) groups is 2. The number of hydrogen-bond donors (Lipinski definition) is 2. The van der Waals surface area contributed by atoms with Gasteiger partial charge in [0.2, 0.25) is 0 Å². The van der Waals surface area contributed by atoms with E-state index in [2.05, 4.69) is 27.8 Å². The standard InChI is InChI=1S/C13H10BrClN2O3/c1-2-3-17-12(19)10(16-13(17)20)5-7-4-8(15)6-9(14)11(7)18/h2,4-6,18H,1,3H2,(H,16,20)/b10-5+. The highest BCUT2D eigenvalue weighted by Crippen LogP contribution is 2.33. The van der Waals surface area contributed by atoms with Gasteiger partial charge in [0.15, 0.2) is 0 Å². The number of aromatic hydroxyl groups is 1. The number of urea groups is 1. The van der Waals surface area contributed by atoms with Crippen LogP contribution in [0.15, 0.2) is 35.0 Å². The van der Waals surface area contributed by atoms with Crippen molar-refractivity contribution in [2.24, 2.45) is 0 Å². The first-order valence-corrected chi connectivity index (χ1v) is 6.74. The molecule has 0 aliphatic carbocycles. The van der Waals surface area contributed by atoms with Gasteiger partial charge >= 0.3 is 6.03 Å². The number of hydrogen-bond acceptors (Lipinski definition) is 3. The third kappa shape index (κ3) is 2.71. The van der Waals surface area contributed by atoms with Gasteiger partial charge in [-0.15, -0.1) is 6.58 Å². The Hall–Kier alpha value is -1.79. The zero-order valence-electron chi connectivity index (χ0n) is 10.2. The molecule has 0 aromatic heterocycles. The van der Waals surface area contributed by atoms with E-state index in [9.17, 15) is 14.7 Å². The average molecular weight is 358 g/mol. The number of imide groups is 1. The average Bonchev–Trinajstić information content (AvgIpc) is 2.63. The Morgan fingerprint density at radius 3 is 2.80 bits per heavy atom. The minimum atomic E-state index is -0.526. The monoisotopic (exact) mass is 356 g/mol. The molecule has 5 nitrogen and oxygen atoms in total. The number of phenols is 1. The molecule has 3 amide bonds. The Morgan fingerprint density at radius 2 is 2.15 bits per heavy atom. The Labute approximate surface area is 128 Å². The topological polar surface area (TPSA) is 69.6 Å². The first-order chi connectivity index (χ1) is 9.43. The lowest BCUT2D eigenvalue weighted by molar-refractivity contribution is -0.122. The minimum absolute atomic E-state index is 0.0638. The highest BCUT2D eigenvalue weighted by atomic mass is 79.9. The SMILES string of the molecule is C=CCN1C(=O)N/C(=C/c2cc(Cl)cc(Br)c2O)C1=O. The molecular weight excluding hydrogens is 348 g/mol. The number of carbonyl (C=O) groups excluding carboxylic acids is 2. The molecule has 1 heterocycles. The van der Waals surface area contributed by atoms with Crippen LogP contribution in [0.3, 0.4) is 0 Å². The van der Waals surface area contributed by atoms with Gasteiger partial charge in [-0.2, -0.15) is 0 Å². The Morgan fingerprint density at radius 1 is 1.45 bits per heavy atom. The van der Waals surface area contributed by atoms with E-state index in [-0.39, 0.29) is 18.0 Å². The lowest BCUT2D eigenvalue weighted by atomic mass is 10.1. The van der Waals surface area contributed by atoms with Crippen LogP contribution in [0.5, 0.6) is 5.75 Å². The molecule has 0 unspecified atom stereocenters. The molecule has 0 bridgehead atoms. The van der Waals surface area contributed by atoms with Crippen LogP contribution in [0, 0.1) is 0 Å². The minimum Gasteiger partial charge on any atom is -0.506 e. The molecule has 2 rings (SSSR count). The second-order valence-electron chi connectivity index (χ2n) is 4.02. The van der Waals surface area contributed by atoms with E-state index < -0.39 is 11.9 Å². The van der Waals surface area contributed by atoms with Crippen LogP contribution in [0.2, 0.25) is 5.02 Å². The van der Waals surface area contributed by atoms with E-state index in [1.165, 1.54) is 24.3 Å². The second kappa shape index (κ2) is 5.68. The molecule has 1 aromatic rings. The normalized spacial score (nSPS) is 16.7. The van der Waals surface area contributed by atoms with Crippen LogP contribution < -0.4 is 5.32 Å². The van der Waals surface area contributed by atoms with Crippen LogP contribution in [0.1, 0.15) is 5.56 Å². The van der Waals surface area contributed by atoms with Crippen LogP contribution >= 0.6 is 27.5 Å². The zero-order valence-corrected chi connectivity index (χ0v) is 12.5. The summed E-state index contributed by atoms with van der Waals surface area (Å²) in [7, 11) is 0. The van der Waals surface area contributed by atoms with Crippen LogP contribution in [-0.2, 0) is 4.79 Å². The maximum absolute atomic E-state index is 12.0. The largest absolute Gasteiger partial charge is 0.506 e. The van der Waals surface area contributed by atoms with Gasteiger partial charge in [-0.3, -0.25) is 9.69 Å².